The first-order valence-corrected chi connectivity index (χ1v) is 11.2. The van der Waals surface area contributed by atoms with Gasteiger partial charge in [-0.25, -0.2) is 4.98 Å². The lowest BCUT2D eigenvalue weighted by Gasteiger charge is -2.24. The molecule has 30 heavy (non-hydrogen) atoms. The van der Waals surface area contributed by atoms with Crippen LogP contribution < -0.4 is 4.74 Å². The number of fused-ring (bicyclic) bond motifs is 1. The number of para-hydroxylation sites is 3. The molecular weight excluding hydrogens is 398 g/mol. The second kappa shape index (κ2) is 8.31. The van der Waals surface area contributed by atoms with E-state index < -0.39 is 0 Å². The van der Waals surface area contributed by atoms with Gasteiger partial charge in [0.1, 0.15) is 18.2 Å². The van der Waals surface area contributed by atoms with Crippen molar-refractivity contribution in [3.05, 3.63) is 59.4 Å². The minimum Gasteiger partial charge on any atom is -0.490 e. The zero-order valence-corrected chi connectivity index (χ0v) is 17.7. The number of likely N-dealkylation sites (tertiary alicyclic amines) is 1. The Hall–Kier alpha value is -2.53. The van der Waals surface area contributed by atoms with Crippen LogP contribution in [-0.2, 0) is 11.3 Å². The highest BCUT2D eigenvalue weighted by Crippen LogP contribution is 2.35. The number of nitrogens with zero attached hydrogens (tertiary/aromatic N) is 3. The molecule has 3 aromatic rings. The van der Waals surface area contributed by atoms with Gasteiger partial charge in [0.05, 0.1) is 22.6 Å². The number of imidazole rings is 1. The minimum atomic E-state index is 0.130. The van der Waals surface area contributed by atoms with Gasteiger partial charge < -0.3 is 14.2 Å². The van der Waals surface area contributed by atoms with Crippen LogP contribution in [0.25, 0.3) is 11.0 Å². The predicted octanol–water partition coefficient (Wildman–Crippen LogP) is 5.03. The number of amides is 1. The maximum Gasteiger partial charge on any atom is 0.223 e. The standard InChI is InChI=1S/C24H26ClN3O2/c25-19-9-3-6-12-22(19)30-14-13-27-21-11-5-4-10-20(21)26-24(27)17-15-23(29)28(16-17)18-7-1-2-8-18/h3-6,9-12,17-18H,1-2,7-8,13-16H2. The van der Waals surface area contributed by atoms with Crippen LogP contribution in [0.5, 0.6) is 5.75 Å². The molecule has 6 heteroatoms. The summed E-state index contributed by atoms with van der Waals surface area (Å²) in [7, 11) is 0. The van der Waals surface area contributed by atoms with E-state index in [4.69, 9.17) is 21.3 Å². The molecule has 2 fully saturated rings. The van der Waals surface area contributed by atoms with E-state index in [0.717, 1.165) is 36.2 Å². The second-order valence-corrected chi connectivity index (χ2v) is 8.68. The summed E-state index contributed by atoms with van der Waals surface area (Å²) in [6.07, 6.45) is 5.29. The molecule has 1 amide bonds. The molecule has 5 nitrogen and oxygen atoms in total. The molecule has 0 spiro atoms. The molecule has 0 N–H and O–H groups in total. The van der Waals surface area contributed by atoms with Crippen molar-refractivity contribution in [3.8, 4) is 5.75 Å². The molecule has 1 saturated carbocycles. The molecule has 1 aliphatic carbocycles. The molecule has 2 heterocycles. The molecular formula is C24H26ClN3O2. The first-order valence-electron chi connectivity index (χ1n) is 10.8. The smallest absolute Gasteiger partial charge is 0.223 e. The SMILES string of the molecule is O=C1CC(c2nc3ccccc3n2CCOc2ccccc2Cl)CN1C1CCCC1. The van der Waals surface area contributed by atoms with Crippen LogP contribution in [0, 0.1) is 0 Å². The number of carbonyl (C=O) groups excluding carboxylic acids is 1. The first kappa shape index (κ1) is 19.4. The molecule has 1 saturated heterocycles. The van der Waals surface area contributed by atoms with Gasteiger partial charge in [-0.3, -0.25) is 4.79 Å². The molecule has 2 aliphatic rings. The number of hydrogen-bond acceptors (Lipinski definition) is 3. The Morgan fingerprint density at radius 2 is 1.83 bits per heavy atom. The summed E-state index contributed by atoms with van der Waals surface area (Å²) < 4.78 is 8.17. The molecule has 5 rings (SSSR count). The third kappa shape index (κ3) is 3.67. The lowest BCUT2D eigenvalue weighted by atomic mass is 10.1. The van der Waals surface area contributed by atoms with Crippen molar-refractivity contribution in [1.29, 1.82) is 0 Å². The van der Waals surface area contributed by atoms with E-state index in [2.05, 4.69) is 15.5 Å². The lowest BCUT2D eigenvalue weighted by molar-refractivity contribution is -0.129. The van der Waals surface area contributed by atoms with E-state index in [1.165, 1.54) is 12.8 Å². The minimum absolute atomic E-state index is 0.130. The molecule has 1 atom stereocenters. The fraction of sp³-hybridized carbons (Fsp3) is 0.417. The van der Waals surface area contributed by atoms with Gasteiger partial charge in [0.15, 0.2) is 0 Å². The van der Waals surface area contributed by atoms with Crippen LogP contribution in [0.1, 0.15) is 43.8 Å². The quantitative estimate of drug-likeness (QED) is 0.558. The Morgan fingerprint density at radius 1 is 1.07 bits per heavy atom. The Bertz CT molecular complexity index is 1060. The maximum absolute atomic E-state index is 12.8. The molecule has 0 radical (unpaired) electrons. The third-order valence-electron chi connectivity index (χ3n) is 6.38. The van der Waals surface area contributed by atoms with Crippen molar-refractivity contribution < 1.29 is 9.53 Å². The summed E-state index contributed by atoms with van der Waals surface area (Å²) in [5.74, 6) is 2.09. The van der Waals surface area contributed by atoms with Gasteiger partial charge >= 0.3 is 0 Å². The zero-order valence-electron chi connectivity index (χ0n) is 17.0. The Balaban J connectivity index is 1.38. The van der Waals surface area contributed by atoms with Gasteiger partial charge in [-0.1, -0.05) is 48.7 Å². The van der Waals surface area contributed by atoms with Crippen LogP contribution in [0.3, 0.4) is 0 Å². The third-order valence-corrected chi connectivity index (χ3v) is 6.69. The van der Waals surface area contributed by atoms with Gasteiger partial charge in [0.25, 0.3) is 0 Å². The monoisotopic (exact) mass is 423 g/mol. The molecule has 1 unspecified atom stereocenters. The van der Waals surface area contributed by atoms with Gasteiger partial charge in [-0.05, 0) is 37.1 Å². The zero-order chi connectivity index (χ0) is 20.5. The van der Waals surface area contributed by atoms with Crippen LogP contribution >= 0.6 is 11.6 Å². The summed E-state index contributed by atoms with van der Waals surface area (Å²) in [5, 5.41) is 0.613. The van der Waals surface area contributed by atoms with E-state index in [1.54, 1.807) is 0 Å². The van der Waals surface area contributed by atoms with Crippen molar-refractivity contribution in [2.45, 2.75) is 50.6 Å². The highest BCUT2D eigenvalue weighted by molar-refractivity contribution is 6.32. The Labute approximate surface area is 181 Å². The molecule has 1 aliphatic heterocycles. The maximum atomic E-state index is 12.8. The van der Waals surface area contributed by atoms with Crippen molar-refractivity contribution in [1.82, 2.24) is 14.5 Å². The molecule has 156 valence electrons. The Kier molecular flexibility index (Phi) is 5.38. The summed E-state index contributed by atoms with van der Waals surface area (Å²) >= 11 is 6.22. The number of halogens is 1. The normalized spacial score (nSPS) is 19.8. The van der Waals surface area contributed by atoms with Gasteiger partial charge in [0.2, 0.25) is 5.91 Å². The fourth-order valence-electron chi connectivity index (χ4n) is 4.92. The highest BCUT2D eigenvalue weighted by Gasteiger charge is 2.38. The lowest BCUT2D eigenvalue weighted by Crippen LogP contribution is -2.34. The summed E-state index contributed by atoms with van der Waals surface area (Å²) in [4.78, 5) is 19.8. The highest BCUT2D eigenvalue weighted by atomic mass is 35.5. The van der Waals surface area contributed by atoms with Crippen molar-refractivity contribution >= 4 is 28.5 Å². The van der Waals surface area contributed by atoms with E-state index >= 15 is 0 Å². The summed E-state index contributed by atoms with van der Waals surface area (Å²) in [6, 6.07) is 16.1. The summed E-state index contributed by atoms with van der Waals surface area (Å²) in [5.41, 5.74) is 2.05. The van der Waals surface area contributed by atoms with Crippen LogP contribution in [0.2, 0.25) is 5.02 Å². The number of aromatic nitrogens is 2. The molecule has 0 bridgehead atoms. The largest absolute Gasteiger partial charge is 0.490 e. The van der Waals surface area contributed by atoms with E-state index in [-0.39, 0.29) is 11.8 Å². The number of rotatable bonds is 6. The van der Waals surface area contributed by atoms with Gasteiger partial charge in [-0.15, -0.1) is 0 Å². The predicted molar refractivity (Wildman–Crippen MR) is 118 cm³/mol. The Morgan fingerprint density at radius 3 is 2.67 bits per heavy atom. The van der Waals surface area contributed by atoms with E-state index in [0.29, 0.717) is 36.4 Å². The van der Waals surface area contributed by atoms with E-state index in [1.807, 2.05) is 42.5 Å². The fourth-order valence-corrected chi connectivity index (χ4v) is 5.11. The number of hydrogen-bond donors (Lipinski definition) is 0. The average Bonchev–Trinajstić information content (AvgIpc) is 3.48. The number of benzene rings is 2. The number of carbonyl (C=O) groups is 1. The van der Waals surface area contributed by atoms with Crippen LogP contribution in [0.4, 0.5) is 0 Å². The van der Waals surface area contributed by atoms with Crippen LogP contribution in [0.15, 0.2) is 48.5 Å². The van der Waals surface area contributed by atoms with Gasteiger partial charge in [0, 0.05) is 24.9 Å². The van der Waals surface area contributed by atoms with E-state index in [9.17, 15) is 4.79 Å². The first-order chi connectivity index (χ1) is 14.7. The summed E-state index contributed by atoms with van der Waals surface area (Å²) in [6.45, 7) is 1.93. The van der Waals surface area contributed by atoms with Crippen molar-refractivity contribution in [3.63, 3.8) is 0 Å². The second-order valence-electron chi connectivity index (χ2n) is 8.27. The average molecular weight is 424 g/mol. The van der Waals surface area contributed by atoms with Crippen LogP contribution in [-0.4, -0.2) is 39.6 Å². The molecule has 1 aromatic heterocycles. The molecule has 2 aromatic carbocycles. The van der Waals surface area contributed by atoms with Gasteiger partial charge in [-0.2, -0.15) is 0 Å². The number of ether oxygens (including phenoxy) is 1. The van der Waals surface area contributed by atoms with Crippen molar-refractivity contribution in [2.24, 2.45) is 0 Å². The van der Waals surface area contributed by atoms with Crippen molar-refractivity contribution in [2.75, 3.05) is 13.2 Å². The topological polar surface area (TPSA) is 47.4 Å².